The van der Waals surface area contributed by atoms with Crippen molar-refractivity contribution in [3.05, 3.63) is 10.3 Å². The van der Waals surface area contributed by atoms with E-state index in [1.54, 1.807) is 0 Å². The molecule has 0 unspecified atom stereocenters. The molecule has 1 nitrogen and oxygen atoms in total. The summed E-state index contributed by atoms with van der Waals surface area (Å²) in [4.78, 5) is 2.55. The van der Waals surface area contributed by atoms with Crippen LogP contribution >= 0.6 is 23.5 Å². The van der Waals surface area contributed by atoms with Gasteiger partial charge in [-0.25, -0.2) is 0 Å². The van der Waals surface area contributed by atoms with Gasteiger partial charge in [0, 0.05) is 10.8 Å². The molecule has 0 aromatic rings. The van der Waals surface area contributed by atoms with Gasteiger partial charge in [0.25, 0.3) is 0 Å². The Balaban J connectivity index is 2.28. The van der Waals surface area contributed by atoms with E-state index in [4.69, 9.17) is 0 Å². The maximum atomic E-state index is 2.55. The summed E-state index contributed by atoms with van der Waals surface area (Å²) < 4.78 is 1.52. The predicted octanol–water partition coefficient (Wildman–Crippen LogP) is 3.43. The van der Waals surface area contributed by atoms with Crippen molar-refractivity contribution in [3.8, 4) is 0 Å². The van der Waals surface area contributed by atoms with Gasteiger partial charge in [0.1, 0.15) is 0 Å². The molecule has 82 valence electrons. The Morgan fingerprint density at radius 3 is 2.21 bits per heavy atom. The highest BCUT2D eigenvalue weighted by molar-refractivity contribution is 8.22. The highest BCUT2D eigenvalue weighted by Crippen LogP contribution is 2.27. The van der Waals surface area contributed by atoms with Crippen LogP contribution in [0.4, 0.5) is 0 Å². The number of nitrogens with zero attached hydrogens (tertiary/aromatic N) is 1. The average Bonchev–Trinajstić information content (AvgIpc) is 2.67. The first-order valence-electron chi connectivity index (χ1n) is 5.55. The fourth-order valence-corrected chi connectivity index (χ4v) is 3.61. The van der Waals surface area contributed by atoms with Gasteiger partial charge in [-0.2, -0.15) is 0 Å². The van der Waals surface area contributed by atoms with Crippen molar-refractivity contribution in [3.63, 3.8) is 0 Å². The molecule has 1 heterocycles. The van der Waals surface area contributed by atoms with Crippen molar-refractivity contribution in [1.29, 1.82) is 0 Å². The summed E-state index contributed by atoms with van der Waals surface area (Å²) in [7, 11) is 0. The maximum absolute atomic E-state index is 2.55. The summed E-state index contributed by atoms with van der Waals surface area (Å²) in [6.45, 7) is 8.22. The molecule has 14 heavy (non-hydrogen) atoms. The highest BCUT2D eigenvalue weighted by Gasteiger charge is 2.09. The van der Waals surface area contributed by atoms with Crippen molar-refractivity contribution in [2.24, 2.45) is 0 Å². The van der Waals surface area contributed by atoms with Gasteiger partial charge in [0.15, 0.2) is 0 Å². The average molecular weight is 231 g/mol. The molecule has 0 radical (unpaired) electrons. The zero-order valence-electron chi connectivity index (χ0n) is 9.29. The summed E-state index contributed by atoms with van der Waals surface area (Å²) in [6.07, 6.45) is 5.20. The van der Waals surface area contributed by atoms with E-state index in [1.807, 2.05) is 23.5 Å². The molecule has 0 spiro atoms. The lowest BCUT2D eigenvalue weighted by Gasteiger charge is -2.12. The van der Waals surface area contributed by atoms with E-state index in [0.717, 1.165) is 6.54 Å². The lowest BCUT2D eigenvalue weighted by Crippen LogP contribution is -2.18. The van der Waals surface area contributed by atoms with Crippen LogP contribution in [-0.2, 0) is 0 Å². The SMILES string of the molecule is CCSC(=CCN1CCCC1)SCC. The van der Waals surface area contributed by atoms with Gasteiger partial charge in [-0.3, -0.25) is 4.90 Å². The van der Waals surface area contributed by atoms with Gasteiger partial charge >= 0.3 is 0 Å². The Morgan fingerprint density at radius 2 is 1.71 bits per heavy atom. The summed E-state index contributed by atoms with van der Waals surface area (Å²) >= 11 is 3.96. The van der Waals surface area contributed by atoms with Crippen molar-refractivity contribution in [1.82, 2.24) is 4.90 Å². The Labute approximate surface area is 96.7 Å². The van der Waals surface area contributed by atoms with E-state index in [1.165, 1.54) is 41.7 Å². The van der Waals surface area contributed by atoms with Gasteiger partial charge in [0.2, 0.25) is 0 Å². The normalized spacial score (nSPS) is 17.3. The lowest BCUT2D eigenvalue weighted by molar-refractivity contribution is 0.377. The summed E-state index contributed by atoms with van der Waals surface area (Å²) in [5, 5.41) is 0. The summed E-state index contributed by atoms with van der Waals surface area (Å²) in [5.74, 6) is 2.39. The van der Waals surface area contributed by atoms with E-state index < -0.39 is 0 Å². The molecule has 0 atom stereocenters. The fourth-order valence-electron chi connectivity index (χ4n) is 1.61. The van der Waals surface area contributed by atoms with Crippen LogP contribution in [0.2, 0.25) is 0 Å². The minimum Gasteiger partial charge on any atom is -0.300 e. The van der Waals surface area contributed by atoms with Crippen LogP contribution in [0.1, 0.15) is 26.7 Å². The first kappa shape index (κ1) is 12.5. The fraction of sp³-hybridized carbons (Fsp3) is 0.818. The second-order valence-electron chi connectivity index (χ2n) is 3.40. The standard InChI is InChI=1S/C11H21NS2/c1-3-13-11(14-4-2)7-10-12-8-5-6-9-12/h7H,3-6,8-10H2,1-2H3. The smallest absolute Gasteiger partial charge is 0.0373 e. The van der Waals surface area contributed by atoms with Gasteiger partial charge in [-0.15, -0.1) is 23.5 Å². The number of thioether (sulfide) groups is 2. The number of hydrogen-bond acceptors (Lipinski definition) is 3. The molecular weight excluding hydrogens is 210 g/mol. The molecule has 0 N–H and O–H groups in total. The Bertz CT molecular complexity index is 166. The maximum Gasteiger partial charge on any atom is 0.0373 e. The molecule has 3 heteroatoms. The summed E-state index contributed by atoms with van der Waals surface area (Å²) in [6, 6.07) is 0. The molecule has 0 aromatic heterocycles. The number of rotatable bonds is 6. The molecule has 0 saturated carbocycles. The molecular formula is C11H21NS2. The quantitative estimate of drug-likeness (QED) is 0.689. The zero-order chi connectivity index (χ0) is 10.2. The second-order valence-corrected chi connectivity index (χ2v) is 6.27. The van der Waals surface area contributed by atoms with Crippen molar-refractivity contribution in [2.75, 3.05) is 31.1 Å². The van der Waals surface area contributed by atoms with Crippen LogP contribution in [0.15, 0.2) is 10.3 Å². The van der Waals surface area contributed by atoms with E-state index in [9.17, 15) is 0 Å². The van der Waals surface area contributed by atoms with Crippen LogP contribution in [0.3, 0.4) is 0 Å². The topological polar surface area (TPSA) is 3.24 Å². The molecule has 0 aliphatic carbocycles. The first-order valence-corrected chi connectivity index (χ1v) is 7.52. The molecule has 1 aliphatic heterocycles. The third-order valence-corrected chi connectivity index (χ3v) is 4.47. The van der Waals surface area contributed by atoms with Crippen LogP contribution in [0.5, 0.6) is 0 Å². The van der Waals surface area contributed by atoms with E-state index in [0.29, 0.717) is 0 Å². The predicted molar refractivity (Wildman–Crippen MR) is 70.0 cm³/mol. The first-order chi connectivity index (χ1) is 6.86. The number of likely N-dealkylation sites (tertiary alicyclic amines) is 1. The van der Waals surface area contributed by atoms with Crippen LogP contribution in [-0.4, -0.2) is 36.0 Å². The Hall–Kier alpha value is 0.400. The molecule has 1 fully saturated rings. The van der Waals surface area contributed by atoms with Crippen LogP contribution in [0, 0.1) is 0 Å². The van der Waals surface area contributed by atoms with E-state index in [-0.39, 0.29) is 0 Å². The van der Waals surface area contributed by atoms with Crippen LogP contribution < -0.4 is 0 Å². The van der Waals surface area contributed by atoms with E-state index >= 15 is 0 Å². The molecule has 1 aliphatic rings. The van der Waals surface area contributed by atoms with Gasteiger partial charge in [0.05, 0.1) is 0 Å². The Kier molecular flexibility index (Phi) is 6.82. The molecule has 0 bridgehead atoms. The van der Waals surface area contributed by atoms with Gasteiger partial charge in [-0.1, -0.05) is 19.9 Å². The van der Waals surface area contributed by atoms with Crippen molar-refractivity contribution in [2.45, 2.75) is 26.7 Å². The third-order valence-electron chi connectivity index (χ3n) is 2.29. The Morgan fingerprint density at radius 1 is 1.14 bits per heavy atom. The van der Waals surface area contributed by atoms with Crippen molar-refractivity contribution < 1.29 is 0 Å². The van der Waals surface area contributed by atoms with E-state index in [2.05, 4.69) is 24.8 Å². The third kappa shape index (κ3) is 4.76. The van der Waals surface area contributed by atoms with Gasteiger partial charge in [-0.05, 0) is 37.4 Å². The van der Waals surface area contributed by atoms with Crippen molar-refractivity contribution >= 4 is 23.5 Å². The van der Waals surface area contributed by atoms with Crippen LogP contribution in [0.25, 0.3) is 0 Å². The van der Waals surface area contributed by atoms with Gasteiger partial charge < -0.3 is 0 Å². The molecule has 0 aromatic carbocycles. The summed E-state index contributed by atoms with van der Waals surface area (Å²) in [5.41, 5.74) is 0. The molecule has 1 rings (SSSR count). The zero-order valence-corrected chi connectivity index (χ0v) is 10.9. The largest absolute Gasteiger partial charge is 0.300 e. The highest BCUT2D eigenvalue weighted by atomic mass is 32.2. The minimum absolute atomic E-state index is 1.16. The second kappa shape index (κ2) is 7.66. The molecule has 0 amide bonds. The monoisotopic (exact) mass is 231 g/mol. The molecule has 1 saturated heterocycles. The number of hydrogen-bond donors (Lipinski definition) is 0. The lowest BCUT2D eigenvalue weighted by atomic mass is 10.4. The minimum atomic E-state index is 1.16.